The van der Waals surface area contributed by atoms with E-state index in [2.05, 4.69) is 6.07 Å². The Bertz CT molecular complexity index is 630. The van der Waals surface area contributed by atoms with Crippen LogP contribution in [0.25, 0.3) is 0 Å². The Morgan fingerprint density at radius 2 is 2.30 bits per heavy atom. The fourth-order valence-corrected chi connectivity index (χ4v) is 3.17. The molecule has 0 aliphatic carbocycles. The van der Waals surface area contributed by atoms with Crippen LogP contribution in [0.2, 0.25) is 0 Å². The molecule has 0 atom stereocenters. The zero-order valence-corrected chi connectivity index (χ0v) is 12.2. The predicted molar refractivity (Wildman–Crippen MR) is 79.2 cm³/mol. The fourth-order valence-electron chi connectivity index (χ4n) is 2.35. The SMILES string of the molecule is COc1csc(C(=O)CCc2ccc3c(c2)CCO3)c1. The van der Waals surface area contributed by atoms with Gasteiger partial charge in [0.2, 0.25) is 0 Å². The van der Waals surface area contributed by atoms with E-state index < -0.39 is 0 Å². The largest absolute Gasteiger partial charge is 0.496 e. The van der Waals surface area contributed by atoms with Crippen molar-refractivity contribution < 1.29 is 14.3 Å². The van der Waals surface area contributed by atoms with E-state index in [4.69, 9.17) is 9.47 Å². The Kier molecular flexibility index (Phi) is 3.74. The first-order valence-corrected chi connectivity index (χ1v) is 7.54. The average Bonchev–Trinajstić information content (AvgIpc) is 3.12. The number of ketones is 1. The molecule has 3 nitrogen and oxygen atoms in total. The van der Waals surface area contributed by atoms with Gasteiger partial charge in [-0.3, -0.25) is 4.79 Å². The van der Waals surface area contributed by atoms with Gasteiger partial charge in [0, 0.05) is 24.3 Å². The average molecular weight is 288 g/mol. The van der Waals surface area contributed by atoms with Gasteiger partial charge in [0.1, 0.15) is 11.5 Å². The van der Waals surface area contributed by atoms with Gasteiger partial charge in [-0.1, -0.05) is 12.1 Å². The van der Waals surface area contributed by atoms with Gasteiger partial charge in [-0.05, 0) is 23.6 Å². The molecule has 1 aliphatic heterocycles. The molecule has 0 saturated carbocycles. The molecule has 2 aromatic rings. The maximum absolute atomic E-state index is 12.1. The molecule has 0 bridgehead atoms. The number of Topliss-reactive ketones (excluding diaryl/α,β-unsaturated/α-hetero) is 1. The van der Waals surface area contributed by atoms with Crippen molar-refractivity contribution in [1.29, 1.82) is 0 Å². The van der Waals surface area contributed by atoms with Gasteiger partial charge in [0.25, 0.3) is 0 Å². The molecule has 0 unspecified atom stereocenters. The molecule has 20 heavy (non-hydrogen) atoms. The van der Waals surface area contributed by atoms with E-state index in [0.717, 1.165) is 35.8 Å². The van der Waals surface area contributed by atoms with Crippen molar-refractivity contribution in [3.05, 3.63) is 45.6 Å². The lowest BCUT2D eigenvalue weighted by Crippen LogP contribution is -1.99. The number of aryl methyl sites for hydroxylation is 1. The second-order valence-corrected chi connectivity index (χ2v) is 5.73. The molecule has 0 fully saturated rings. The highest BCUT2D eigenvalue weighted by Crippen LogP contribution is 2.27. The summed E-state index contributed by atoms with van der Waals surface area (Å²) in [6.07, 6.45) is 2.27. The summed E-state index contributed by atoms with van der Waals surface area (Å²) in [6.45, 7) is 0.771. The second kappa shape index (κ2) is 5.67. The van der Waals surface area contributed by atoms with Gasteiger partial charge < -0.3 is 9.47 Å². The number of fused-ring (bicyclic) bond motifs is 1. The van der Waals surface area contributed by atoms with Crippen molar-refractivity contribution in [3.8, 4) is 11.5 Å². The Hall–Kier alpha value is -1.81. The van der Waals surface area contributed by atoms with Crippen LogP contribution in [0.1, 0.15) is 27.2 Å². The lowest BCUT2D eigenvalue weighted by molar-refractivity contribution is 0.0986. The summed E-state index contributed by atoms with van der Waals surface area (Å²) in [5.74, 6) is 1.92. The van der Waals surface area contributed by atoms with Crippen molar-refractivity contribution in [1.82, 2.24) is 0 Å². The highest BCUT2D eigenvalue weighted by Gasteiger charge is 2.13. The number of carbonyl (C=O) groups excluding carboxylic acids is 1. The predicted octanol–water partition coefficient (Wildman–Crippen LogP) is 3.51. The number of benzene rings is 1. The molecular formula is C16H16O3S. The van der Waals surface area contributed by atoms with Gasteiger partial charge in [-0.15, -0.1) is 11.3 Å². The van der Waals surface area contributed by atoms with Gasteiger partial charge >= 0.3 is 0 Å². The minimum atomic E-state index is 0.176. The van der Waals surface area contributed by atoms with E-state index in [-0.39, 0.29) is 5.78 Å². The highest BCUT2D eigenvalue weighted by atomic mass is 32.1. The van der Waals surface area contributed by atoms with E-state index in [1.165, 1.54) is 22.5 Å². The van der Waals surface area contributed by atoms with Crippen molar-refractivity contribution in [2.75, 3.05) is 13.7 Å². The molecule has 0 N–H and O–H groups in total. The molecule has 3 rings (SSSR count). The minimum Gasteiger partial charge on any atom is -0.496 e. The quantitative estimate of drug-likeness (QED) is 0.790. The number of thiophene rings is 1. The molecule has 0 amide bonds. The molecule has 0 saturated heterocycles. The molecule has 0 spiro atoms. The molecular weight excluding hydrogens is 272 g/mol. The van der Waals surface area contributed by atoms with Crippen LogP contribution < -0.4 is 9.47 Å². The summed E-state index contributed by atoms with van der Waals surface area (Å²) in [5, 5.41) is 1.86. The molecule has 0 radical (unpaired) electrons. The maximum Gasteiger partial charge on any atom is 0.173 e. The van der Waals surface area contributed by atoms with Crippen LogP contribution in [-0.2, 0) is 12.8 Å². The zero-order valence-electron chi connectivity index (χ0n) is 11.3. The summed E-state index contributed by atoms with van der Waals surface area (Å²) in [4.78, 5) is 12.9. The Morgan fingerprint density at radius 3 is 3.10 bits per heavy atom. The first-order valence-electron chi connectivity index (χ1n) is 6.66. The monoisotopic (exact) mass is 288 g/mol. The van der Waals surface area contributed by atoms with Gasteiger partial charge in [0.05, 0.1) is 18.6 Å². The lowest BCUT2D eigenvalue weighted by Gasteiger charge is -2.03. The first-order chi connectivity index (χ1) is 9.76. The maximum atomic E-state index is 12.1. The lowest BCUT2D eigenvalue weighted by atomic mass is 10.0. The summed E-state index contributed by atoms with van der Waals surface area (Å²) in [6, 6.07) is 8.02. The number of methoxy groups -OCH3 is 1. The number of ether oxygens (including phenoxy) is 2. The van der Waals surface area contributed by atoms with Gasteiger partial charge in [-0.25, -0.2) is 0 Å². The normalized spacial score (nSPS) is 12.8. The molecule has 1 aliphatic rings. The van der Waals surface area contributed by atoms with Crippen LogP contribution in [0, 0.1) is 0 Å². The Morgan fingerprint density at radius 1 is 1.40 bits per heavy atom. The third kappa shape index (κ3) is 2.70. The van der Waals surface area contributed by atoms with E-state index in [9.17, 15) is 4.79 Å². The number of carbonyl (C=O) groups is 1. The van der Waals surface area contributed by atoms with E-state index >= 15 is 0 Å². The summed E-state index contributed by atoms with van der Waals surface area (Å²) >= 11 is 1.44. The highest BCUT2D eigenvalue weighted by molar-refractivity contribution is 7.12. The van der Waals surface area contributed by atoms with Crippen molar-refractivity contribution in [2.24, 2.45) is 0 Å². The van der Waals surface area contributed by atoms with Crippen LogP contribution in [0.3, 0.4) is 0 Å². The topological polar surface area (TPSA) is 35.5 Å². The standard InChI is InChI=1S/C16H16O3S/c1-18-13-9-16(20-10-13)14(17)4-2-11-3-5-15-12(8-11)6-7-19-15/h3,5,8-10H,2,4,6-7H2,1H3. The number of hydrogen-bond acceptors (Lipinski definition) is 4. The summed E-state index contributed by atoms with van der Waals surface area (Å²) in [5.41, 5.74) is 2.46. The zero-order chi connectivity index (χ0) is 13.9. The van der Waals surface area contributed by atoms with E-state index in [1.807, 2.05) is 23.6 Å². The van der Waals surface area contributed by atoms with Crippen LogP contribution in [0.4, 0.5) is 0 Å². The fraction of sp³-hybridized carbons (Fsp3) is 0.312. The van der Waals surface area contributed by atoms with Crippen molar-refractivity contribution in [2.45, 2.75) is 19.3 Å². The molecule has 1 aromatic carbocycles. The molecule has 104 valence electrons. The Labute approximate surface area is 122 Å². The third-order valence-electron chi connectivity index (χ3n) is 3.48. The van der Waals surface area contributed by atoms with Gasteiger partial charge in [-0.2, -0.15) is 0 Å². The summed E-state index contributed by atoms with van der Waals surface area (Å²) < 4.78 is 10.6. The minimum absolute atomic E-state index is 0.176. The van der Waals surface area contributed by atoms with E-state index in [1.54, 1.807) is 7.11 Å². The summed E-state index contributed by atoms with van der Waals surface area (Å²) in [7, 11) is 1.61. The van der Waals surface area contributed by atoms with Crippen LogP contribution >= 0.6 is 11.3 Å². The van der Waals surface area contributed by atoms with Crippen molar-refractivity contribution in [3.63, 3.8) is 0 Å². The van der Waals surface area contributed by atoms with Crippen LogP contribution in [0.15, 0.2) is 29.6 Å². The molecule has 2 heterocycles. The molecule has 1 aromatic heterocycles. The number of hydrogen-bond donors (Lipinski definition) is 0. The smallest absolute Gasteiger partial charge is 0.173 e. The van der Waals surface area contributed by atoms with E-state index in [0.29, 0.717) is 6.42 Å². The molecule has 4 heteroatoms. The van der Waals surface area contributed by atoms with Gasteiger partial charge in [0.15, 0.2) is 5.78 Å². The van der Waals surface area contributed by atoms with Crippen molar-refractivity contribution >= 4 is 17.1 Å². The van der Waals surface area contributed by atoms with Crippen LogP contribution in [-0.4, -0.2) is 19.5 Å². The number of rotatable bonds is 5. The first kappa shape index (κ1) is 13.2. The third-order valence-corrected chi connectivity index (χ3v) is 4.43. The Balaban J connectivity index is 1.63. The second-order valence-electron chi connectivity index (χ2n) is 4.81. The van der Waals surface area contributed by atoms with Crippen LogP contribution in [0.5, 0.6) is 11.5 Å².